The van der Waals surface area contributed by atoms with Gasteiger partial charge in [-0.3, -0.25) is 0 Å². The summed E-state index contributed by atoms with van der Waals surface area (Å²) in [5.74, 6) is 0.758. The zero-order chi connectivity index (χ0) is 10.3. The minimum atomic E-state index is -0.215. The summed E-state index contributed by atoms with van der Waals surface area (Å²) < 4.78 is 5.66. The lowest BCUT2D eigenvalue weighted by molar-refractivity contribution is 0.0834. The highest BCUT2D eigenvalue weighted by atomic mass is 16.5. The summed E-state index contributed by atoms with van der Waals surface area (Å²) >= 11 is 0. The van der Waals surface area contributed by atoms with Gasteiger partial charge in [-0.2, -0.15) is 0 Å². The van der Waals surface area contributed by atoms with Gasteiger partial charge in [0.1, 0.15) is 22.8 Å². The summed E-state index contributed by atoms with van der Waals surface area (Å²) in [6, 6.07) is 2.90. The average molecular weight is 194 g/mol. The fourth-order valence-electron chi connectivity index (χ4n) is 1.73. The van der Waals surface area contributed by atoms with Crippen LogP contribution >= 0.6 is 0 Å². The topological polar surface area (TPSA) is 49.7 Å². The SMILES string of the molecule is CC1(C)CCc2c(O)cc(O)cc2O1. The van der Waals surface area contributed by atoms with Crippen LogP contribution < -0.4 is 4.74 Å². The van der Waals surface area contributed by atoms with E-state index >= 15 is 0 Å². The Bertz CT molecular complexity index is 369. The van der Waals surface area contributed by atoms with Crippen LogP contribution in [0.25, 0.3) is 0 Å². The second-order valence-corrected chi connectivity index (χ2v) is 4.30. The van der Waals surface area contributed by atoms with E-state index in [0.717, 1.165) is 18.4 Å². The van der Waals surface area contributed by atoms with Crippen LogP contribution in [0, 0.1) is 0 Å². The molecule has 0 unspecified atom stereocenters. The maximum absolute atomic E-state index is 9.57. The predicted octanol–water partition coefficient (Wildman–Crippen LogP) is 2.20. The van der Waals surface area contributed by atoms with Crippen molar-refractivity contribution in [1.29, 1.82) is 0 Å². The van der Waals surface area contributed by atoms with Gasteiger partial charge in [-0.25, -0.2) is 0 Å². The molecule has 0 radical (unpaired) electrons. The molecule has 1 aromatic carbocycles. The van der Waals surface area contributed by atoms with Crippen molar-refractivity contribution >= 4 is 0 Å². The number of rotatable bonds is 0. The molecule has 14 heavy (non-hydrogen) atoms. The van der Waals surface area contributed by atoms with Crippen molar-refractivity contribution < 1.29 is 14.9 Å². The average Bonchev–Trinajstić information content (AvgIpc) is 2.00. The third kappa shape index (κ3) is 1.50. The molecule has 3 heteroatoms. The predicted molar refractivity (Wildman–Crippen MR) is 52.8 cm³/mol. The van der Waals surface area contributed by atoms with E-state index in [2.05, 4.69) is 0 Å². The lowest BCUT2D eigenvalue weighted by Gasteiger charge is -2.32. The van der Waals surface area contributed by atoms with Crippen LogP contribution in [-0.4, -0.2) is 15.8 Å². The molecule has 0 amide bonds. The molecule has 0 spiro atoms. The molecule has 1 aliphatic rings. The molecule has 1 heterocycles. The maximum Gasteiger partial charge on any atom is 0.130 e. The van der Waals surface area contributed by atoms with Gasteiger partial charge in [0.2, 0.25) is 0 Å². The quantitative estimate of drug-likeness (QED) is 0.665. The Hall–Kier alpha value is -1.38. The summed E-state index contributed by atoms with van der Waals surface area (Å²) in [5.41, 5.74) is 0.579. The fourth-order valence-corrected chi connectivity index (χ4v) is 1.73. The number of hydrogen-bond donors (Lipinski definition) is 2. The Kier molecular flexibility index (Phi) is 1.84. The van der Waals surface area contributed by atoms with Gasteiger partial charge < -0.3 is 14.9 Å². The van der Waals surface area contributed by atoms with E-state index in [1.165, 1.54) is 6.07 Å². The molecule has 1 aliphatic heterocycles. The van der Waals surface area contributed by atoms with Crippen molar-refractivity contribution in [2.24, 2.45) is 0 Å². The largest absolute Gasteiger partial charge is 0.508 e. The van der Waals surface area contributed by atoms with Gasteiger partial charge in [0, 0.05) is 17.7 Å². The molecule has 0 saturated carbocycles. The lowest BCUT2D eigenvalue weighted by Crippen LogP contribution is -2.32. The van der Waals surface area contributed by atoms with E-state index in [1.54, 1.807) is 6.07 Å². The number of hydrogen-bond acceptors (Lipinski definition) is 3. The fraction of sp³-hybridized carbons (Fsp3) is 0.455. The monoisotopic (exact) mass is 194 g/mol. The number of fused-ring (bicyclic) bond motifs is 1. The molecule has 76 valence electrons. The van der Waals surface area contributed by atoms with Gasteiger partial charge in [-0.05, 0) is 26.7 Å². The zero-order valence-electron chi connectivity index (χ0n) is 8.37. The highest BCUT2D eigenvalue weighted by Crippen LogP contribution is 2.40. The van der Waals surface area contributed by atoms with Crippen molar-refractivity contribution in [3.05, 3.63) is 17.7 Å². The third-order valence-corrected chi connectivity index (χ3v) is 2.53. The van der Waals surface area contributed by atoms with Gasteiger partial charge in [-0.15, -0.1) is 0 Å². The summed E-state index contributed by atoms with van der Waals surface area (Å²) in [4.78, 5) is 0. The van der Waals surface area contributed by atoms with E-state index in [-0.39, 0.29) is 17.1 Å². The van der Waals surface area contributed by atoms with Crippen molar-refractivity contribution in [1.82, 2.24) is 0 Å². The zero-order valence-corrected chi connectivity index (χ0v) is 8.37. The third-order valence-electron chi connectivity index (χ3n) is 2.53. The standard InChI is InChI=1S/C11H14O3/c1-11(2)4-3-8-9(13)5-7(12)6-10(8)14-11/h5-6,12-13H,3-4H2,1-2H3. The molecule has 0 fully saturated rings. The van der Waals surface area contributed by atoms with E-state index in [4.69, 9.17) is 4.74 Å². The van der Waals surface area contributed by atoms with Crippen molar-refractivity contribution in [2.45, 2.75) is 32.3 Å². The molecule has 3 nitrogen and oxygen atoms in total. The number of phenolic OH excluding ortho intramolecular Hbond substituents is 2. The Morgan fingerprint density at radius 3 is 2.71 bits per heavy atom. The molecular formula is C11H14O3. The summed E-state index contributed by atoms with van der Waals surface area (Å²) in [5, 5.41) is 18.9. The Balaban J connectivity index is 2.47. The number of phenols is 2. The summed E-state index contributed by atoms with van der Waals surface area (Å²) in [6.45, 7) is 3.99. The summed E-state index contributed by atoms with van der Waals surface area (Å²) in [6.07, 6.45) is 1.66. The van der Waals surface area contributed by atoms with Crippen LogP contribution in [0.1, 0.15) is 25.8 Å². The van der Waals surface area contributed by atoms with Crippen LogP contribution in [0.4, 0.5) is 0 Å². The number of benzene rings is 1. The normalized spacial score (nSPS) is 18.4. The smallest absolute Gasteiger partial charge is 0.130 e. The van der Waals surface area contributed by atoms with E-state index in [1.807, 2.05) is 13.8 Å². The minimum absolute atomic E-state index is 0.0407. The van der Waals surface area contributed by atoms with Crippen LogP contribution in [0.5, 0.6) is 17.2 Å². The van der Waals surface area contributed by atoms with Gasteiger partial charge in [0.05, 0.1) is 0 Å². The first-order valence-electron chi connectivity index (χ1n) is 4.72. The van der Waals surface area contributed by atoms with Crippen molar-refractivity contribution in [3.63, 3.8) is 0 Å². The van der Waals surface area contributed by atoms with Crippen molar-refractivity contribution in [3.8, 4) is 17.2 Å². The first-order chi connectivity index (χ1) is 6.48. The molecule has 0 aliphatic carbocycles. The van der Waals surface area contributed by atoms with Crippen LogP contribution in [0.2, 0.25) is 0 Å². The first-order valence-corrected chi connectivity index (χ1v) is 4.72. The number of ether oxygens (including phenoxy) is 1. The molecule has 2 rings (SSSR count). The molecule has 0 bridgehead atoms. The molecular weight excluding hydrogens is 180 g/mol. The minimum Gasteiger partial charge on any atom is -0.508 e. The van der Waals surface area contributed by atoms with Gasteiger partial charge in [0.25, 0.3) is 0 Å². The maximum atomic E-state index is 9.57. The highest BCUT2D eigenvalue weighted by molar-refractivity contribution is 5.50. The Morgan fingerprint density at radius 2 is 2.00 bits per heavy atom. The van der Waals surface area contributed by atoms with Gasteiger partial charge in [0.15, 0.2) is 0 Å². The van der Waals surface area contributed by atoms with Crippen molar-refractivity contribution in [2.75, 3.05) is 0 Å². The van der Waals surface area contributed by atoms with Gasteiger partial charge >= 0.3 is 0 Å². The number of aromatic hydroxyl groups is 2. The molecule has 0 aromatic heterocycles. The molecule has 1 aromatic rings. The first kappa shape index (κ1) is 9.19. The Morgan fingerprint density at radius 1 is 1.29 bits per heavy atom. The van der Waals surface area contributed by atoms with Crippen LogP contribution in [-0.2, 0) is 6.42 Å². The lowest BCUT2D eigenvalue weighted by atomic mass is 9.94. The van der Waals surface area contributed by atoms with E-state index in [0.29, 0.717) is 5.75 Å². The molecule has 2 N–H and O–H groups in total. The van der Waals surface area contributed by atoms with Crippen LogP contribution in [0.3, 0.4) is 0 Å². The van der Waals surface area contributed by atoms with E-state index < -0.39 is 0 Å². The second-order valence-electron chi connectivity index (χ2n) is 4.30. The van der Waals surface area contributed by atoms with E-state index in [9.17, 15) is 10.2 Å². The summed E-state index contributed by atoms with van der Waals surface area (Å²) in [7, 11) is 0. The second kappa shape index (κ2) is 2.80. The highest BCUT2D eigenvalue weighted by Gasteiger charge is 2.28. The Labute approximate surface area is 83.0 Å². The molecule has 0 atom stereocenters. The molecule has 0 saturated heterocycles. The van der Waals surface area contributed by atoms with Gasteiger partial charge in [-0.1, -0.05) is 0 Å². The van der Waals surface area contributed by atoms with Crippen LogP contribution in [0.15, 0.2) is 12.1 Å².